The molecule has 0 radical (unpaired) electrons. The Bertz CT molecular complexity index is 314. The fraction of sp³-hybridized carbons (Fsp3) is 0.625. The van der Waals surface area contributed by atoms with Gasteiger partial charge in [-0.3, -0.25) is 0 Å². The van der Waals surface area contributed by atoms with E-state index in [9.17, 15) is 0 Å². The first kappa shape index (κ1) is 12.6. The van der Waals surface area contributed by atoms with Gasteiger partial charge in [0.1, 0.15) is 0 Å². The van der Waals surface area contributed by atoms with Crippen LogP contribution in [0.25, 0.3) is 0 Å². The number of hydrogen-bond donors (Lipinski definition) is 1. The summed E-state index contributed by atoms with van der Waals surface area (Å²) in [7, 11) is 0. The maximum absolute atomic E-state index is 3.72. The molecule has 1 aliphatic rings. The fourth-order valence-electron chi connectivity index (χ4n) is 3.27. The zero-order valence-corrected chi connectivity index (χ0v) is 11.2. The van der Waals surface area contributed by atoms with Crippen LogP contribution in [-0.2, 0) is 0 Å². The van der Waals surface area contributed by atoms with Crippen molar-refractivity contribution in [1.82, 2.24) is 5.32 Å². The average molecular weight is 231 g/mol. The minimum Gasteiger partial charge on any atom is -0.313 e. The predicted octanol–water partition coefficient (Wildman–Crippen LogP) is 3.96. The molecule has 1 saturated carbocycles. The lowest BCUT2D eigenvalue weighted by atomic mass is 9.84. The molecule has 2 atom stereocenters. The lowest BCUT2D eigenvalue weighted by Gasteiger charge is -2.30. The van der Waals surface area contributed by atoms with Gasteiger partial charge in [-0.15, -0.1) is 0 Å². The van der Waals surface area contributed by atoms with Crippen molar-refractivity contribution in [1.29, 1.82) is 0 Å². The van der Waals surface area contributed by atoms with Crippen LogP contribution in [0, 0.1) is 5.92 Å². The average Bonchev–Trinajstić information content (AvgIpc) is 2.90. The molecule has 1 N–H and O–H groups in total. The highest BCUT2D eigenvalue weighted by atomic mass is 14.9. The molecule has 1 fully saturated rings. The van der Waals surface area contributed by atoms with Gasteiger partial charge < -0.3 is 5.32 Å². The van der Waals surface area contributed by atoms with E-state index >= 15 is 0 Å². The van der Waals surface area contributed by atoms with Crippen molar-refractivity contribution < 1.29 is 0 Å². The van der Waals surface area contributed by atoms with Crippen LogP contribution in [0.15, 0.2) is 30.3 Å². The van der Waals surface area contributed by atoms with Crippen LogP contribution in [0.2, 0.25) is 0 Å². The highest BCUT2D eigenvalue weighted by Gasteiger charge is 2.29. The molecule has 0 saturated heterocycles. The van der Waals surface area contributed by atoms with Gasteiger partial charge in [0.25, 0.3) is 0 Å². The lowest BCUT2D eigenvalue weighted by Crippen LogP contribution is -2.39. The van der Waals surface area contributed by atoms with Gasteiger partial charge >= 0.3 is 0 Å². The van der Waals surface area contributed by atoms with Gasteiger partial charge in [0.15, 0.2) is 0 Å². The molecule has 0 amide bonds. The molecule has 1 aromatic rings. The smallest absolute Gasteiger partial charge is 0.0161 e. The van der Waals surface area contributed by atoms with E-state index in [0.717, 1.165) is 12.5 Å². The molecule has 94 valence electrons. The van der Waals surface area contributed by atoms with Crippen LogP contribution in [0.3, 0.4) is 0 Å². The molecule has 0 aliphatic heterocycles. The maximum atomic E-state index is 3.72. The van der Waals surface area contributed by atoms with Gasteiger partial charge in [-0.05, 0) is 36.8 Å². The molecule has 1 aromatic carbocycles. The lowest BCUT2D eigenvalue weighted by molar-refractivity contribution is 0.324. The van der Waals surface area contributed by atoms with Gasteiger partial charge in [-0.1, -0.05) is 57.0 Å². The first-order valence-electron chi connectivity index (χ1n) is 7.11. The van der Waals surface area contributed by atoms with Crippen molar-refractivity contribution in [3.05, 3.63) is 35.9 Å². The summed E-state index contributed by atoms with van der Waals surface area (Å²) in [5, 5.41) is 3.72. The molecule has 1 nitrogen and oxygen atoms in total. The standard InChI is InChI=1S/C16H25N/c1-3-17-16(15-11-7-8-12-15)13(2)14-9-5-4-6-10-14/h4-6,9-10,13,15-17H,3,7-8,11-12H2,1-2H3. The summed E-state index contributed by atoms with van der Waals surface area (Å²) in [4.78, 5) is 0. The Balaban J connectivity index is 2.09. The van der Waals surface area contributed by atoms with Crippen molar-refractivity contribution in [2.75, 3.05) is 6.54 Å². The number of hydrogen-bond acceptors (Lipinski definition) is 1. The summed E-state index contributed by atoms with van der Waals surface area (Å²) in [6.45, 7) is 5.68. The first-order valence-corrected chi connectivity index (χ1v) is 7.11. The predicted molar refractivity (Wildman–Crippen MR) is 74.3 cm³/mol. The van der Waals surface area contributed by atoms with E-state index in [2.05, 4.69) is 49.5 Å². The quantitative estimate of drug-likeness (QED) is 0.809. The Morgan fingerprint density at radius 3 is 2.41 bits per heavy atom. The van der Waals surface area contributed by atoms with E-state index in [1.54, 1.807) is 0 Å². The fourth-order valence-corrected chi connectivity index (χ4v) is 3.27. The molecule has 2 unspecified atom stereocenters. The SMILES string of the molecule is CCNC(C1CCCC1)C(C)c1ccccc1. The minimum absolute atomic E-state index is 0.624. The van der Waals surface area contributed by atoms with Gasteiger partial charge in [-0.2, -0.15) is 0 Å². The normalized spacial score (nSPS) is 20.4. The monoisotopic (exact) mass is 231 g/mol. The number of likely N-dealkylation sites (N-methyl/N-ethyl adjacent to an activating group) is 1. The molecular weight excluding hydrogens is 206 g/mol. The maximum Gasteiger partial charge on any atom is 0.0161 e. The van der Waals surface area contributed by atoms with Crippen LogP contribution in [-0.4, -0.2) is 12.6 Å². The molecule has 17 heavy (non-hydrogen) atoms. The van der Waals surface area contributed by atoms with Gasteiger partial charge in [0, 0.05) is 6.04 Å². The summed E-state index contributed by atoms with van der Waals surface area (Å²) in [5.74, 6) is 1.50. The highest BCUT2D eigenvalue weighted by Crippen LogP contribution is 2.34. The zero-order valence-electron chi connectivity index (χ0n) is 11.2. The van der Waals surface area contributed by atoms with E-state index in [1.807, 2.05) is 0 Å². The van der Waals surface area contributed by atoms with Crippen molar-refractivity contribution in [3.63, 3.8) is 0 Å². The Hall–Kier alpha value is -0.820. The molecule has 1 heteroatoms. The van der Waals surface area contributed by atoms with E-state index in [-0.39, 0.29) is 0 Å². The van der Waals surface area contributed by atoms with Crippen molar-refractivity contribution >= 4 is 0 Å². The summed E-state index contributed by atoms with van der Waals surface area (Å²) in [5.41, 5.74) is 1.48. The topological polar surface area (TPSA) is 12.0 Å². The molecule has 0 bridgehead atoms. The highest BCUT2D eigenvalue weighted by molar-refractivity contribution is 5.21. The summed E-state index contributed by atoms with van der Waals surface area (Å²) >= 11 is 0. The van der Waals surface area contributed by atoms with Crippen molar-refractivity contribution in [2.24, 2.45) is 5.92 Å². The molecular formula is C16H25N. The Kier molecular flexibility index (Phi) is 4.61. The molecule has 0 spiro atoms. The molecule has 0 heterocycles. The van der Waals surface area contributed by atoms with E-state index in [0.29, 0.717) is 12.0 Å². The second-order valence-corrected chi connectivity index (χ2v) is 5.33. The molecule has 1 aliphatic carbocycles. The van der Waals surface area contributed by atoms with Crippen LogP contribution in [0.5, 0.6) is 0 Å². The van der Waals surface area contributed by atoms with E-state index in [1.165, 1.54) is 31.2 Å². The van der Waals surface area contributed by atoms with Gasteiger partial charge in [-0.25, -0.2) is 0 Å². The third-order valence-electron chi connectivity index (χ3n) is 4.21. The number of rotatable bonds is 5. The Labute approximate surface area is 106 Å². The third-order valence-corrected chi connectivity index (χ3v) is 4.21. The largest absolute Gasteiger partial charge is 0.313 e. The van der Waals surface area contributed by atoms with E-state index < -0.39 is 0 Å². The van der Waals surface area contributed by atoms with Crippen LogP contribution in [0.1, 0.15) is 51.0 Å². The zero-order chi connectivity index (χ0) is 12.1. The van der Waals surface area contributed by atoms with E-state index in [4.69, 9.17) is 0 Å². The van der Waals surface area contributed by atoms with Gasteiger partial charge in [0.05, 0.1) is 0 Å². The van der Waals surface area contributed by atoms with Crippen molar-refractivity contribution in [3.8, 4) is 0 Å². The summed E-state index contributed by atoms with van der Waals surface area (Å²) in [6, 6.07) is 11.6. The number of benzene rings is 1. The molecule has 0 aromatic heterocycles. The molecule has 2 rings (SSSR count). The summed E-state index contributed by atoms with van der Waals surface area (Å²) < 4.78 is 0. The third kappa shape index (κ3) is 3.10. The second-order valence-electron chi connectivity index (χ2n) is 5.33. The van der Waals surface area contributed by atoms with Gasteiger partial charge in [0.2, 0.25) is 0 Å². The first-order chi connectivity index (χ1) is 8.33. The van der Waals surface area contributed by atoms with Crippen molar-refractivity contribution in [2.45, 2.75) is 51.5 Å². The Morgan fingerprint density at radius 2 is 1.82 bits per heavy atom. The Morgan fingerprint density at radius 1 is 1.18 bits per heavy atom. The van der Waals surface area contributed by atoms with Crippen LogP contribution < -0.4 is 5.32 Å². The number of nitrogens with one attached hydrogen (secondary N) is 1. The van der Waals surface area contributed by atoms with Crippen LogP contribution >= 0.6 is 0 Å². The summed E-state index contributed by atoms with van der Waals surface area (Å²) in [6.07, 6.45) is 5.67. The van der Waals surface area contributed by atoms with Crippen LogP contribution in [0.4, 0.5) is 0 Å². The second kappa shape index (κ2) is 6.20. The minimum atomic E-state index is 0.624.